The van der Waals surface area contributed by atoms with Gasteiger partial charge in [-0.05, 0) is 35.9 Å². The van der Waals surface area contributed by atoms with Gasteiger partial charge < -0.3 is 18.9 Å². The van der Waals surface area contributed by atoms with Crippen LogP contribution < -0.4 is 9.47 Å². The van der Waals surface area contributed by atoms with Crippen LogP contribution in [0.3, 0.4) is 0 Å². The fourth-order valence-corrected chi connectivity index (χ4v) is 3.65. The van der Waals surface area contributed by atoms with Crippen LogP contribution in [0.1, 0.15) is 23.8 Å². The van der Waals surface area contributed by atoms with E-state index in [-0.39, 0.29) is 23.3 Å². The van der Waals surface area contributed by atoms with Crippen molar-refractivity contribution >= 4 is 17.5 Å². The van der Waals surface area contributed by atoms with E-state index >= 15 is 0 Å². The summed E-state index contributed by atoms with van der Waals surface area (Å²) in [6.07, 6.45) is 0.266. The summed E-state index contributed by atoms with van der Waals surface area (Å²) >= 11 is 5.83. The molecule has 156 valence electrons. The van der Waals surface area contributed by atoms with Gasteiger partial charge in [-0.1, -0.05) is 22.8 Å². The summed E-state index contributed by atoms with van der Waals surface area (Å²) in [7, 11) is 3.11. The number of likely N-dealkylation sites (tertiary alicyclic amines) is 1. The van der Waals surface area contributed by atoms with Crippen molar-refractivity contribution in [1.29, 1.82) is 0 Å². The summed E-state index contributed by atoms with van der Waals surface area (Å²) in [5, 5.41) is 4.08. The summed E-state index contributed by atoms with van der Waals surface area (Å²) in [5.74, 6) is 1.22. The molecule has 4 rings (SSSR count). The van der Waals surface area contributed by atoms with Gasteiger partial charge in [0.25, 0.3) is 0 Å². The average molecular weight is 432 g/mol. The molecule has 2 aromatic carbocycles. The van der Waals surface area contributed by atoms with Gasteiger partial charge in [-0.3, -0.25) is 4.79 Å². The molecule has 0 N–H and O–H groups in total. The van der Waals surface area contributed by atoms with Gasteiger partial charge in [0.15, 0.2) is 11.5 Å². The predicted molar refractivity (Wildman–Crippen MR) is 107 cm³/mol. The summed E-state index contributed by atoms with van der Waals surface area (Å²) in [6, 6.07) is 9.77. The van der Waals surface area contributed by atoms with Crippen LogP contribution in [0.5, 0.6) is 11.5 Å². The Bertz CT molecular complexity index is 1090. The lowest BCUT2D eigenvalue weighted by atomic mass is 10.1. The van der Waals surface area contributed by atoms with Crippen LogP contribution in [0, 0.1) is 5.82 Å². The van der Waals surface area contributed by atoms with Crippen molar-refractivity contribution in [3.63, 3.8) is 0 Å². The lowest BCUT2D eigenvalue weighted by molar-refractivity contribution is -0.128. The predicted octanol–water partition coefficient (Wildman–Crippen LogP) is 4.06. The van der Waals surface area contributed by atoms with Crippen molar-refractivity contribution in [2.45, 2.75) is 18.9 Å². The molecule has 1 unspecified atom stereocenters. The standard InChI is InChI=1S/C21H19ClFN3O4/c1-28-17-6-4-13(8-18(17)29-2)20-24-21(30-25-20)14-9-19(27)26(11-14)10-12-3-5-16(23)15(22)7-12/h3-8,14H,9-11H2,1-2H3. The van der Waals surface area contributed by atoms with E-state index < -0.39 is 5.82 Å². The van der Waals surface area contributed by atoms with Crippen LogP contribution in [-0.2, 0) is 11.3 Å². The lowest BCUT2D eigenvalue weighted by Gasteiger charge is -2.16. The number of rotatable bonds is 6. The molecule has 2 heterocycles. The SMILES string of the molecule is COc1ccc(-c2noc(C3CC(=O)N(Cc4ccc(F)c(Cl)c4)C3)n2)cc1OC. The van der Waals surface area contributed by atoms with Crippen molar-refractivity contribution in [3.8, 4) is 22.9 Å². The van der Waals surface area contributed by atoms with Gasteiger partial charge in [0.05, 0.1) is 25.2 Å². The molecule has 3 aromatic rings. The molecule has 1 amide bonds. The molecule has 1 fully saturated rings. The minimum Gasteiger partial charge on any atom is -0.493 e. The van der Waals surface area contributed by atoms with Gasteiger partial charge in [-0.15, -0.1) is 0 Å². The van der Waals surface area contributed by atoms with Crippen LogP contribution in [0.4, 0.5) is 4.39 Å². The maximum absolute atomic E-state index is 13.3. The van der Waals surface area contributed by atoms with Crippen molar-refractivity contribution in [3.05, 3.63) is 58.7 Å². The van der Waals surface area contributed by atoms with Crippen molar-refractivity contribution < 1.29 is 23.2 Å². The lowest BCUT2D eigenvalue weighted by Crippen LogP contribution is -2.24. The molecule has 0 saturated carbocycles. The third kappa shape index (κ3) is 3.95. The molecule has 1 saturated heterocycles. The van der Waals surface area contributed by atoms with E-state index in [0.717, 1.165) is 5.56 Å². The maximum atomic E-state index is 13.3. The maximum Gasteiger partial charge on any atom is 0.232 e. The Kier molecular flexibility index (Phi) is 5.59. The number of carbonyl (C=O) groups is 1. The first-order valence-electron chi connectivity index (χ1n) is 9.26. The minimum absolute atomic E-state index is 0.0344. The minimum atomic E-state index is -0.486. The number of carbonyl (C=O) groups excluding carboxylic acids is 1. The molecule has 30 heavy (non-hydrogen) atoms. The Morgan fingerprint density at radius 1 is 1.20 bits per heavy atom. The molecule has 7 nitrogen and oxygen atoms in total. The summed E-state index contributed by atoms with van der Waals surface area (Å²) < 4.78 is 29.3. The van der Waals surface area contributed by atoms with Gasteiger partial charge in [0.1, 0.15) is 5.82 Å². The fraction of sp³-hybridized carbons (Fsp3) is 0.286. The Balaban J connectivity index is 1.49. The first kappa shape index (κ1) is 20.2. The number of nitrogens with zero attached hydrogens (tertiary/aromatic N) is 3. The molecule has 9 heteroatoms. The van der Waals surface area contributed by atoms with Crippen LogP contribution in [0.15, 0.2) is 40.9 Å². The first-order chi connectivity index (χ1) is 14.5. The van der Waals surface area contributed by atoms with Crippen LogP contribution in [-0.4, -0.2) is 41.7 Å². The highest BCUT2D eigenvalue weighted by Gasteiger charge is 2.34. The van der Waals surface area contributed by atoms with Crippen LogP contribution in [0.25, 0.3) is 11.4 Å². The van der Waals surface area contributed by atoms with E-state index in [1.165, 1.54) is 12.1 Å². The topological polar surface area (TPSA) is 77.7 Å². The summed E-state index contributed by atoms with van der Waals surface area (Å²) in [4.78, 5) is 18.6. The summed E-state index contributed by atoms with van der Waals surface area (Å²) in [5.41, 5.74) is 1.47. The molecule has 1 aliphatic rings. The normalized spacial score (nSPS) is 16.2. The van der Waals surface area contributed by atoms with E-state index in [1.54, 1.807) is 43.4 Å². The number of hydrogen-bond acceptors (Lipinski definition) is 6. The van der Waals surface area contributed by atoms with Crippen molar-refractivity contribution in [1.82, 2.24) is 15.0 Å². The second-order valence-corrected chi connectivity index (χ2v) is 7.36. The van der Waals surface area contributed by atoms with Crippen LogP contribution in [0.2, 0.25) is 5.02 Å². The Labute approximate surface area is 177 Å². The number of amides is 1. The molecule has 0 radical (unpaired) electrons. The fourth-order valence-electron chi connectivity index (χ4n) is 3.44. The molecule has 0 bridgehead atoms. The van der Waals surface area contributed by atoms with E-state index in [1.807, 2.05) is 0 Å². The summed E-state index contributed by atoms with van der Waals surface area (Å²) in [6.45, 7) is 0.771. The Hall–Kier alpha value is -3.13. The average Bonchev–Trinajstić information content (AvgIpc) is 3.37. The highest BCUT2D eigenvalue weighted by atomic mass is 35.5. The van der Waals surface area contributed by atoms with E-state index in [0.29, 0.717) is 41.9 Å². The number of halogens is 2. The zero-order valence-electron chi connectivity index (χ0n) is 16.4. The third-order valence-electron chi connectivity index (χ3n) is 5.00. The van der Waals surface area contributed by atoms with Gasteiger partial charge >= 0.3 is 0 Å². The highest BCUT2D eigenvalue weighted by Crippen LogP contribution is 2.33. The van der Waals surface area contributed by atoms with E-state index in [9.17, 15) is 9.18 Å². The monoisotopic (exact) mass is 431 g/mol. The molecular weight excluding hydrogens is 413 g/mol. The van der Waals surface area contributed by atoms with E-state index in [2.05, 4.69) is 10.1 Å². The van der Waals surface area contributed by atoms with Gasteiger partial charge in [-0.2, -0.15) is 4.98 Å². The number of ether oxygens (including phenoxy) is 2. The number of hydrogen-bond donors (Lipinski definition) is 0. The second kappa shape index (κ2) is 8.31. The Morgan fingerprint density at radius 3 is 2.73 bits per heavy atom. The zero-order chi connectivity index (χ0) is 21.3. The number of aromatic nitrogens is 2. The zero-order valence-corrected chi connectivity index (χ0v) is 17.1. The number of benzene rings is 2. The molecule has 1 aromatic heterocycles. The van der Waals surface area contributed by atoms with Crippen molar-refractivity contribution in [2.75, 3.05) is 20.8 Å². The molecule has 0 spiro atoms. The molecule has 1 aliphatic heterocycles. The third-order valence-corrected chi connectivity index (χ3v) is 5.29. The molecule has 1 atom stereocenters. The molecular formula is C21H19ClFN3O4. The van der Waals surface area contributed by atoms with E-state index in [4.69, 9.17) is 25.6 Å². The van der Waals surface area contributed by atoms with Gasteiger partial charge in [0.2, 0.25) is 17.6 Å². The first-order valence-corrected chi connectivity index (χ1v) is 9.64. The largest absolute Gasteiger partial charge is 0.493 e. The second-order valence-electron chi connectivity index (χ2n) is 6.95. The number of methoxy groups -OCH3 is 2. The van der Waals surface area contributed by atoms with Crippen molar-refractivity contribution in [2.24, 2.45) is 0 Å². The smallest absolute Gasteiger partial charge is 0.232 e. The molecule has 0 aliphatic carbocycles. The van der Waals surface area contributed by atoms with Gasteiger partial charge in [0, 0.05) is 25.1 Å². The van der Waals surface area contributed by atoms with Gasteiger partial charge in [-0.25, -0.2) is 4.39 Å². The quantitative estimate of drug-likeness (QED) is 0.585. The highest BCUT2D eigenvalue weighted by molar-refractivity contribution is 6.30. The van der Waals surface area contributed by atoms with Crippen LogP contribution >= 0.6 is 11.6 Å². The Morgan fingerprint density at radius 2 is 2.00 bits per heavy atom.